The fourth-order valence-corrected chi connectivity index (χ4v) is 3.33. The average Bonchev–Trinajstić information content (AvgIpc) is 3.04. The van der Waals surface area contributed by atoms with E-state index in [9.17, 15) is 18.0 Å². The topological polar surface area (TPSA) is 54.9 Å². The first-order valence-corrected chi connectivity index (χ1v) is 9.53. The number of hydrogen-bond acceptors (Lipinski definition) is 4. The van der Waals surface area contributed by atoms with Gasteiger partial charge in [-0.2, -0.15) is 13.2 Å². The van der Waals surface area contributed by atoms with E-state index in [0.29, 0.717) is 0 Å². The van der Waals surface area contributed by atoms with Crippen molar-refractivity contribution in [2.24, 2.45) is 0 Å². The fourth-order valence-electron chi connectivity index (χ4n) is 2.55. The zero-order valence-electron chi connectivity index (χ0n) is 14.6. The number of aromatic nitrogens is 2. The maximum Gasteiger partial charge on any atom is 0.417 e. The molecular formula is C18H22F3N3OS. The fraction of sp³-hybridized carbons (Fsp3) is 0.500. The summed E-state index contributed by atoms with van der Waals surface area (Å²) in [5.41, 5.74) is -1.39. The van der Waals surface area contributed by atoms with Crippen LogP contribution < -0.4 is 5.32 Å². The lowest BCUT2D eigenvalue weighted by atomic mass is 10.1. The van der Waals surface area contributed by atoms with Gasteiger partial charge < -0.3 is 0 Å². The molecule has 1 aromatic carbocycles. The van der Waals surface area contributed by atoms with Crippen molar-refractivity contribution < 1.29 is 18.0 Å². The van der Waals surface area contributed by atoms with Crippen LogP contribution in [0.2, 0.25) is 0 Å². The van der Waals surface area contributed by atoms with E-state index in [0.717, 1.165) is 36.4 Å². The molecular weight excluding hydrogens is 363 g/mol. The van der Waals surface area contributed by atoms with Crippen LogP contribution in [0.5, 0.6) is 0 Å². The van der Waals surface area contributed by atoms with Crippen molar-refractivity contribution in [3.63, 3.8) is 0 Å². The normalized spacial score (nSPS) is 11.5. The van der Waals surface area contributed by atoms with E-state index >= 15 is 0 Å². The quantitative estimate of drug-likeness (QED) is 0.562. The van der Waals surface area contributed by atoms with E-state index in [1.807, 2.05) is 0 Å². The van der Waals surface area contributed by atoms with Crippen LogP contribution in [0, 0.1) is 0 Å². The third kappa shape index (κ3) is 6.09. The first-order valence-electron chi connectivity index (χ1n) is 8.71. The van der Waals surface area contributed by atoms with Crippen LogP contribution in [-0.4, -0.2) is 16.1 Å². The molecule has 1 amide bonds. The number of carbonyl (C=O) groups is 1. The number of unbranched alkanes of at least 4 members (excludes halogenated alkanes) is 5. The molecule has 2 rings (SSSR count). The molecule has 0 fully saturated rings. The number of aryl methyl sites for hydroxylation is 1. The van der Waals surface area contributed by atoms with Crippen LogP contribution in [0.4, 0.5) is 18.3 Å². The van der Waals surface area contributed by atoms with Crippen molar-refractivity contribution in [1.29, 1.82) is 0 Å². The van der Waals surface area contributed by atoms with Crippen LogP contribution in [0.25, 0.3) is 0 Å². The summed E-state index contributed by atoms with van der Waals surface area (Å²) in [7, 11) is 0. The van der Waals surface area contributed by atoms with Gasteiger partial charge in [0, 0.05) is 6.42 Å². The molecule has 8 heteroatoms. The van der Waals surface area contributed by atoms with Crippen molar-refractivity contribution in [1.82, 2.24) is 10.2 Å². The number of amides is 1. The minimum atomic E-state index is -4.59. The van der Waals surface area contributed by atoms with E-state index in [2.05, 4.69) is 22.4 Å². The summed E-state index contributed by atoms with van der Waals surface area (Å²) < 4.78 is 39.0. The molecule has 1 aromatic heterocycles. The highest BCUT2D eigenvalue weighted by Gasteiger charge is 2.35. The number of carbonyl (C=O) groups excluding carboxylic acids is 1. The number of nitrogens with one attached hydrogen (secondary N) is 1. The molecule has 2 aromatic rings. The number of halogens is 3. The lowest BCUT2D eigenvalue weighted by Crippen LogP contribution is -2.18. The predicted molar refractivity (Wildman–Crippen MR) is 96.4 cm³/mol. The zero-order chi connectivity index (χ0) is 19.0. The monoisotopic (exact) mass is 385 g/mol. The van der Waals surface area contributed by atoms with Gasteiger partial charge in [0.1, 0.15) is 5.01 Å². The van der Waals surface area contributed by atoms with Crippen LogP contribution in [-0.2, 0) is 12.6 Å². The second kappa shape index (κ2) is 9.66. The summed E-state index contributed by atoms with van der Waals surface area (Å²) in [5, 5.41) is 11.3. The Bertz CT molecular complexity index is 716. The third-order valence-electron chi connectivity index (χ3n) is 3.91. The van der Waals surface area contributed by atoms with Crippen LogP contribution in [0.15, 0.2) is 24.3 Å². The van der Waals surface area contributed by atoms with Crippen LogP contribution in [0.1, 0.15) is 66.4 Å². The van der Waals surface area contributed by atoms with Gasteiger partial charge in [-0.25, -0.2) is 0 Å². The van der Waals surface area contributed by atoms with E-state index in [1.165, 1.54) is 49.2 Å². The highest BCUT2D eigenvalue weighted by atomic mass is 32.1. The van der Waals surface area contributed by atoms with E-state index < -0.39 is 23.2 Å². The molecule has 26 heavy (non-hydrogen) atoms. The number of benzene rings is 1. The molecule has 0 aliphatic heterocycles. The zero-order valence-corrected chi connectivity index (χ0v) is 15.4. The third-order valence-corrected chi connectivity index (χ3v) is 4.81. The molecule has 0 aliphatic carbocycles. The smallest absolute Gasteiger partial charge is 0.296 e. The molecule has 142 valence electrons. The van der Waals surface area contributed by atoms with Crippen LogP contribution >= 0.6 is 11.3 Å². The number of hydrogen-bond donors (Lipinski definition) is 1. The lowest BCUT2D eigenvalue weighted by molar-refractivity contribution is -0.137. The van der Waals surface area contributed by atoms with Gasteiger partial charge in [0.2, 0.25) is 5.13 Å². The number of nitrogens with zero attached hydrogens (tertiary/aromatic N) is 2. The summed E-state index contributed by atoms with van der Waals surface area (Å²) in [6.07, 6.45) is 3.14. The Morgan fingerprint density at radius 3 is 2.50 bits per heavy atom. The van der Waals surface area contributed by atoms with Gasteiger partial charge in [0.25, 0.3) is 5.91 Å². The minimum absolute atomic E-state index is 0.216. The largest absolute Gasteiger partial charge is 0.417 e. The first kappa shape index (κ1) is 20.4. The molecule has 0 radical (unpaired) electrons. The molecule has 1 heterocycles. The standard InChI is InChI=1S/C18H22F3N3OS/c1-2-3-4-5-6-7-12-15-23-24-17(26-15)22-16(25)13-10-8-9-11-14(13)18(19,20)21/h8-11H,2-7,12H2,1H3,(H,22,24,25). The Balaban J connectivity index is 1.90. The molecule has 0 bridgehead atoms. The molecule has 0 unspecified atom stereocenters. The van der Waals surface area contributed by atoms with E-state index in [-0.39, 0.29) is 5.13 Å². The van der Waals surface area contributed by atoms with Gasteiger partial charge in [-0.15, -0.1) is 10.2 Å². The van der Waals surface area contributed by atoms with Gasteiger partial charge in [-0.1, -0.05) is 62.5 Å². The number of alkyl halides is 3. The van der Waals surface area contributed by atoms with E-state index in [4.69, 9.17) is 0 Å². The van der Waals surface area contributed by atoms with Crippen molar-refractivity contribution in [3.05, 3.63) is 40.4 Å². The van der Waals surface area contributed by atoms with Crippen molar-refractivity contribution >= 4 is 22.4 Å². The molecule has 0 saturated heterocycles. The lowest BCUT2D eigenvalue weighted by Gasteiger charge is -2.11. The van der Waals surface area contributed by atoms with Gasteiger partial charge in [0.15, 0.2) is 0 Å². The molecule has 0 aliphatic rings. The first-order chi connectivity index (χ1) is 12.4. The maximum absolute atomic E-state index is 13.0. The van der Waals surface area contributed by atoms with E-state index in [1.54, 1.807) is 0 Å². The van der Waals surface area contributed by atoms with Crippen molar-refractivity contribution in [2.75, 3.05) is 5.32 Å². The molecule has 0 atom stereocenters. The SMILES string of the molecule is CCCCCCCCc1nnc(NC(=O)c2ccccc2C(F)(F)F)s1. The number of rotatable bonds is 9. The highest BCUT2D eigenvalue weighted by Crippen LogP contribution is 2.32. The molecule has 1 N–H and O–H groups in total. The van der Waals surface area contributed by atoms with Gasteiger partial charge in [0.05, 0.1) is 11.1 Å². The summed E-state index contributed by atoms with van der Waals surface area (Å²) in [6, 6.07) is 4.69. The predicted octanol–water partition coefficient (Wildman–Crippen LogP) is 5.71. The number of anilines is 1. The molecule has 0 spiro atoms. The van der Waals surface area contributed by atoms with Gasteiger partial charge >= 0.3 is 6.18 Å². The minimum Gasteiger partial charge on any atom is -0.296 e. The summed E-state index contributed by atoms with van der Waals surface area (Å²) in [4.78, 5) is 12.2. The van der Waals surface area contributed by atoms with Crippen LogP contribution in [0.3, 0.4) is 0 Å². The van der Waals surface area contributed by atoms with Gasteiger partial charge in [-0.05, 0) is 18.6 Å². The maximum atomic E-state index is 13.0. The Morgan fingerprint density at radius 1 is 1.08 bits per heavy atom. The molecule has 4 nitrogen and oxygen atoms in total. The second-order valence-corrected chi connectivity index (χ2v) is 7.08. The average molecular weight is 385 g/mol. The molecule has 0 saturated carbocycles. The Kier molecular flexibility index (Phi) is 7.56. The Morgan fingerprint density at radius 2 is 1.77 bits per heavy atom. The Hall–Kier alpha value is -1.96. The summed E-state index contributed by atoms with van der Waals surface area (Å²) >= 11 is 1.20. The van der Waals surface area contributed by atoms with Gasteiger partial charge in [-0.3, -0.25) is 10.1 Å². The van der Waals surface area contributed by atoms with Crippen molar-refractivity contribution in [3.8, 4) is 0 Å². The summed E-state index contributed by atoms with van der Waals surface area (Å²) in [5.74, 6) is -0.833. The van der Waals surface area contributed by atoms with Crippen molar-refractivity contribution in [2.45, 2.75) is 58.0 Å². The highest BCUT2D eigenvalue weighted by molar-refractivity contribution is 7.15. The summed E-state index contributed by atoms with van der Waals surface area (Å²) in [6.45, 7) is 2.17. The second-order valence-electron chi connectivity index (χ2n) is 6.02. The Labute approximate surface area is 154 Å².